The number of ether oxygens (including phenoxy) is 2. The Balaban J connectivity index is 2.49. The molecule has 0 radical (unpaired) electrons. The van der Waals surface area contributed by atoms with Gasteiger partial charge in [0.05, 0.1) is 19.6 Å². The molecular formula is C12H14O4. The van der Waals surface area contributed by atoms with E-state index in [2.05, 4.69) is 0 Å². The second-order valence-electron chi connectivity index (χ2n) is 3.82. The van der Waals surface area contributed by atoms with Gasteiger partial charge in [0.1, 0.15) is 0 Å². The average Bonchev–Trinajstić information content (AvgIpc) is 2.75. The van der Waals surface area contributed by atoms with Gasteiger partial charge in [0.15, 0.2) is 11.5 Å². The lowest BCUT2D eigenvalue weighted by Gasteiger charge is -2.13. The average molecular weight is 222 g/mol. The number of aliphatic carboxylic acids is 1. The van der Waals surface area contributed by atoms with Crippen LogP contribution in [-0.2, 0) is 11.2 Å². The number of carboxylic acid groups (broad SMARTS) is 1. The van der Waals surface area contributed by atoms with Gasteiger partial charge in [0, 0.05) is 12.0 Å². The molecule has 0 amide bonds. The lowest BCUT2D eigenvalue weighted by Crippen LogP contribution is -2.09. The summed E-state index contributed by atoms with van der Waals surface area (Å²) in [6.07, 6.45) is 0.749. The molecule has 1 atom stereocenters. The van der Waals surface area contributed by atoms with Gasteiger partial charge in [-0.3, -0.25) is 4.79 Å². The molecule has 0 saturated heterocycles. The third-order valence-corrected chi connectivity index (χ3v) is 2.92. The van der Waals surface area contributed by atoms with E-state index in [1.54, 1.807) is 20.1 Å². The maximum atomic E-state index is 11.0. The molecule has 1 aliphatic heterocycles. The number of carboxylic acids is 1. The summed E-state index contributed by atoms with van der Waals surface area (Å²) in [5, 5.41) is 9.02. The second kappa shape index (κ2) is 4.04. The van der Waals surface area contributed by atoms with E-state index < -0.39 is 11.9 Å². The third-order valence-electron chi connectivity index (χ3n) is 2.92. The highest BCUT2D eigenvalue weighted by atomic mass is 16.5. The van der Waals surface area contributed by atoms with Crippen molar-refractivity contribution >= 4 is 5.97 Å². The number of hydrogen-bond donors (Lipinski definition) is 1. The number of methoxy groups -OCH3 is 1. The van der Waals surface area contributed by atoms with Crippen LogP contribution in [0.4, 0.5) is 0 Å². The summed E-state index contributed by atoms with van der Waals surface area (Å²) < 4.78 is 10.7. The highest BCUT2D eigenvalue weighted by Gasteiger charge is 2.25. The molecule has 0 aromatic heterocycles. The van der Waals surface area contributed by atoms with Crippen molar-refractivity contribution in [1.29, 1.82) is 0 Å². The topological polar surface area (TPSA) is 55.8 Å². The molecule has 1 aromatic carbocycles. The first-order valence-electron chi connectivity index (χ1n) is 5.20. The van der Waals surface area contributed by atoms with Crippen molar-refractivity contribution in [3.05, 3.63) is 23.3 Å². The van der Waals surface area contributed by atoms with E-state index in [0.29, 0.717) is 18.1 Å². The fourth-order valence-electron chi connectivity index (χ4n) is 1.99. The summed E-state index contributed by atoms with van der Waals surface area (Å²) in [5.41, 5.74) is 1.79. The Labute approximate surface area is 93.8 Å². The van der Waals surface area contributed by atoms with Crippen LogP contribution in [-0.4, -0.2) is 24.8 Å². The molecule has 1 unspecified atom stereocenters. The summed E-state index contributed by atoms with van der Waals surface area (Å²) in [6.45, 7) is 2.28. The lowest BCUT2D eigenvalue weighted by atomic mass is 9.94. The molecule has 0 aliphatic carbocycles. The summed E-state index contributed by atoms with van der Waals surface area (Å²) in [5.74, 6) is 0.0440. The minimum Gasteiger partial charge on any atom is -0.493 e. The van der Waals surface area contributed by atoms with Gasteiger partial charge in [-0.25, -0.2) is 0 Å². The standard InChI is InChI=1S/C12H14O4/c1-7(12(13)14)8-3-4-10(15-2)11-9(8)5-6-16-11/h3-4,7H,5-6H2,1-2H3,(H,13,14). The minimum absolute atomic E-state index is 0.513. The van der Waals surface area contributed by atoms with Crippen molar-refractivity contribution in [1.82, 2.24) is 0 Å². The van der Waals surface area contributed by atoms with Crippen LogP contribution in [0.25, 0.3) is 0 Å². The molecule has 0 spiro atoms. The molecule has 16 heavy (non-hydrogen) atoms. The van der Waals surface area contributed by atoms with Crippen LogP contribution in [0.1, 0.15) is 24.0 Å². The highest BCUT2D eigenvalue weighted by Crippen LogP contribution is 2.40. The zero-order valence-electron chi connectivity index (χ0n) is 9.32. The lowest BCUT2D eigenvalue weighted by molar-refractivity contribution is -0.138. The fraction of sp³-hybridized carbons (Fsp3) is 0.417. The van der Waals surface area contributed by atoms with E-state index in [-0.39, 0.29) is 0 Å². The van der Waals surface area contributed by atoms with Crippen molar-refractivity contribution in [3.8, 4) is 11.5 Å². The van der Waals surface area contributed by atoms with Gasteiger partial charge in [-0.05, 0) is 18.6 Å². The maximum Gasteiger partial charge on any atom is 0.310 e. The van der Waals surface area contributed by atoms with Gasteiger partial charge in [0.2, 0.25) is 0 Å². The summed E-state index contributed by atoms with van der Waals surface area (Å²) in [7, 11) is 1.58. The Bertz CT molecular complexity index is 425. The van der Waals surface area contributed by atoms with Gasteiger partial charge < -0.3 is 14.6 Å². The molecule has 1 heterocycles. The maximum absolute atomic E-state index is 11.0. The first-order valence-corrected chi connectivity index (χ1v) is 5.20. The van der Waals surface area contributed by atoms with Crippen molar-refractivity contribution in [2.75, 3.05) is 13.7 Å². The second-order valence-corrected chi connectivity index (χ2v) is 3.82. The Kier molecular flexibility index (Phi) is 2.73. The summed E-state index contributed by atoms with van der Waals surface area (Å²) in [4.78, 5) is 11.0. The SMILES string of the molecule is COc1ccc(C(C)C(=O)O)c2c1OCC2. The first-order chi connectivity index (χ1) is 7.65. The van der Waals surface area contributed by atoms with E-state index in [1.807, 2.05) is 6.07 Å². The molecular weight excluding hydrogens is 208 g/mol. The number of rotatable bonds is 3. The summed E-state index contributed by atoms with van der Waals surface area (Å²) >= 11 is 0. The van der Waals surface area contributed by atoms with Gasteiger partial charge in [0.25, 0.3) is 0 Å². The smallest absolute Gasteiger partial charge is 0.310 e. The zero-order chi connectivity index (χ0) is 11.7. The van der Waals surface area contributed by atoms with Crippen LogP contribution in [0.15, 0.2) is 12.1 Å². The highest BCUT2D eigenvalue weighted by molar-refractivity contribution is 5.77. The van der Waals surface area contributed by atoms with Crippen molar-refractivity contribution < 1.29 is 19.4 Å². The van der Waals surface area contributed by atoms with E-state index in [9.17, 15) is 4.79 Å². The molecule has 0 saturated carbocycles. The van der Waals surface area contributed by atoms with E-state index >= 15 is 0 Å². The fourth-order valence-corrected chi connectivity index (χ4v) is 1.99. The van der Waals surface area contributed by atoms with Gasteiger partial charge in [-0.2, -0.15) is 0 Å². The van der Waals surface area contributed by atoms with Crippen LogP contribution >= 0.6 is 0 Å². The normalized spacial score (nSPS) is 15.1. The minimum atomic E-state index is -0.820. The Morgan fingerprint density at radius 3 is 2.94 bits per heavy atom. The van der Waals surface area contributed by atoms with Crippen LogP contribution < -0.4 is 9.47 Å². The summed E-state index contributed by atoms with van der Waals surface area (Å²) in [6, 6.07) is 3.57. The zero-order valence-corrected chi connectivity index (χ0v) is 9.32. The quantitative estimate of drug-likeness (QED) is 0.847. The molecule has 4 heteroatoms. The van der Waals surface area contributed by atoms with Crippen molar-refractivity contribution in [3.63, 3.8) is 0 Å². The Hall–Kier alpha value is -1.71. The van der Waals surface area contributed by atoms with Crippen molar-refractivity contribution in [2.24, 2.45) is 0 Å². The van der Waals surface area contributed by atoms with Gasteiger partial charge in [-0.15, -0.1) is 0 Å². The number of carbonyl (C=O) groups is 1. The van der Waals surface area contributed by atoms with E-state index in [0.717, 1.165) is 17.5 Å². The molecule has 0 bridgehead atoms. The first kappa shape index (κ1) is 10.8. The molecule has 0 fully saturated rings. The van der Waals surface area contributed by atoms with Crippen LogP contribution in [0, 0.1) is 0 Å². The van der Waals surface area contributed by atoms with E-state index in [4.69, 9.17) is 14.6 Å². The molecule has 1 aromatic rings. The Morgan fingerprint density at radius 1 is 1.56 bits per heavy atom. The van der Waals surface area contributed by atoms with Crippen LogP contribution in [0.3, 0.4) is 0 Å². The Morgan fingerprint density at radius 2 is 2.31 bits per heavy atom. The number of fused-ring (bicyclic) bond motifs is 1. The van der Waals surface area contributed by atoms with Gasteiger partial charge >= 0.3 is 5.97 Å². The molecule has 4 nitrogen and oxygen atoms in total. The number of hydrogen-bond acceptors (Lipinski definition) is 3. The predicted octanol–water partition coefficient (Wildman–Crippen LogP) is 1.82. The molecule has 2 rings (SSSR count). The van der Waals surface area contributed by atoms with Crippen molar-refractivity contribution in [2.45, 2.75) is 19.3 Å². The predicted molar refractivity (Wildman–Crippen MR) is 58.2 cm³/mol. The molecule has 1 N–H and O–H groups in total. The third kappa shape index (κ3) is 1.60. The van der Waals surface area contributed by atoms with Crippen LogP contribution in [0.5, 0.6) is 11.5 Å². The monoisotopic (exact) mass is 222 g/mol. The largest absolute Gasteiger partial charge is 0.493 e. The van der Waals surface area contributed by atoms with Gasteiger partial charge in [-0.1, -0.05) is 6.07 Å². The number of benzene rings is 1. The van der Waals surface area contributed by atoms with E-state index in [1.165, 1.54) is 0 Å². The molecule has 86 valence electrons. The van der Waals surface area contributed by atoms with Crippen LogP contribution in [0.2, 0.25) is 0 Å². The molecule has 1 aliphatic rings.